The highest BCUT2D eigenvalue weighted by Crippen LogP contribution is 2.72. The van der Waals surface area contributed by atoms with Gasteiger partial charge in [0, 0.05) is 23.9 Å². The summed E-state index contributed by atoms with van der Waals surface area (Å²) < 4.78 is 12.8. The number of carbonyl (C=O) groups is 1. The topological polar surface area (TPSA) is 96.2 Å². The van der Waals surface area contributed by atoms with Crippen molar-refractivity contribution in [2.45, 2.75) is 140 Å². The summed E-state index contributed by atoms with van der Waals surface area (Å²) >= 11 is 0. The van der Waals surface area contributed by atoms with E-state index in [-0.39, 0.29) is 46.7 Å². The summed E-state index contributed by atoms with van der Waals surface area (Å²) in [4.78, 5) is 14.5. The molecule has 8 rings (SSSR count). The lowest BCUT2D eigenvalue weighted by molar-refractivity contribution is -0.215. The van der Waals surface area contributed by atoms with Crippen LogP contribution in [0.3, 0.4) is 0 Å². The van der Waals surface area contributed by atoms with Gasteiger partial charge in [-0.25, -0.2) is 0 Å². The van der Waals surface area contributed by atoms with Crippen LogP contribution >= 0.6 is 0 Å². The van der Waals surface area contributed by atoms with Crippen molar-refractivity contribution in [2.24, 2.45) is 46.3 Å². The van der Waals surface area contributed by atoms with Gasteiger partial charge in [-0.05, 0) is 117 Å². The number of ketones is 1. The van der Waals surface area contributed by atoms with Crippen LogP contribution in [0.5, 0.6) is 0 Å². The fourth-order valence-electron chi connectivity index (χ4n) is 13.0. The second-order valence-electron chi connectivity index (χ2n) is 18.2. The molecular formula is C43H60O6. The lowest BCUT2D eigenvalue weighted by Gasteiger charge is -2.64. The van der Waals surface area contributed by atoms with Crippen LogP contribution in [-0.2, 0) is 14.3 Å². The molecule has 7 aliphatic rings. The largest absolute Gasteiger partial charge is 0.387 e. The average Bonchev–Trinajstić information content (AvgIpc) is 3.63. The number of rotatable bonds is 5. The smallest absolute Gasteiger partial charge is 0.159 e. The van der Waals surface area contributed by atoms with Crippen LogP contribution in [0.25, 0.3) is 0 Å². The van der Waals surface area contributed by atoms with Crippen LogP contribution < -0.4 is 0 Å². The summed E-state index contributed by atoms with van der Waals surface area (Å²) in [6.07, 6.45) is 15.8. The quantitative estimate of drug-likeness (QED) is 0.284. The molecule has 0 aromatic heterocycles. The Labute approximate surface area is 293 Å². The Kier molecular flexibility index (Phi) is 8.47. The third-order valence-corrected chi connectivity index (χ3v) is 16.1. The Bertz CT molecular complexity index is 1480. The van der Waals surface area contributed by atoms with E-state index in [0.29, 0.717) is 38.4 Å². The van der Waals surface area contributed by atoms with Crippen LogP contribution in [0.4, 0.5) is 0 Å². The number of aliphatic hydroxyl groups excluding tert-OH is 1. The van der Waals surface area contributed by atoms with Crippen molar-refractivity contribution >= 4 is 5.78 Å². The molecule has 6 nitrogen and oxygen atoms in total. The van der Waals surface area contributed by atoms with Gasteiger partial charge in [0.05, 0.1) is 29.5 Å². The summed E-state index contributed by atoms with van der Waals surface area (Å²) in [7, 11) is 0. The van der Waals surface area contributed by atoms with Crippen molar-refractivity contribution in [3.8, 4) is 0 Å². The van der Waals surface area contributed by atoms with Gasteiger partial charge in [-0.15, -0.1) is 0 Å². The monoisotopic (exact) mass is 672 g/mol. The number of hydrogen-bond donors (Lipinski definition) is 3. The minimum absolute atomic E-state index is 0.117. The molecule has 4 saturated carbocycles. The van der Waals surface area contributed by atoms with E-state index in [1.165, 1.54) is 12.0 Å². The number of carbonyl (C=O) groups excluding carboxylic acids is 1. The fraction of sp³-hybridized carbons (Fsp3) is 0.744. The first-order valence-electron chi connectivity index (χ1n) is 19.7. The van der Waals surface area contributed by atoms with Gasteiger partial charge in [0.2, 0.25) is 0 Å². The molecule has 13 atom stereocenters. The van der Waals surface area contributed by atoms with E-state index in [1.807, 2.05) is 19.1 Å². The molecule has 0 amide bonds. The highest BCUT2D eigenvalue weighted by atomic mass is 16.5. The molecule has 3 N–H and O–H groups in total. The van der Waals surface area contributed by atoms with E-state index < -0.39 is 34.4 Å². The summed E-state index contributed by atoms with van der Waals surface area (Å²) in [6, 6.07) is 10.5. The molecule has 2 aliphatic heterocycles. The second-order valence-corrected chi connectivity index (χ2v) is 18.2. The van der Waals surface area contributed by atoms with Gasteiger partial charge in [0.15, 0.2) is 5.78 Å². The Hall–Kier alpha value is -1.83. The number of hydrogen-bond acceptors (Lipinski definition) is 6. The molecule has 0 radical (unpaired) electrons. The summed E-state index contributed by atoms with van der Waals surface area (Å²) in [5, 5.41) is 37.9. The van der Waals surface area contributed by atoms with Crippen LogP contribution in [0.1, 0.15) is 116 Å². The number of benzene rings is 1. The van der Waals surface area contributed by atoms with Crippen molar-refractivity contribution < 1.29 is 29.6 Å². The van der Waals surface area contributed by atoms with Gasteiger partial charge in [-0.2, -0.15) is 0 Å². The van der Waals surface area contributed by atoms with E-state index in [4.69, 9.17) is 9.47 Å². The molecule has 2 heterocycles. The van der Waals surface area contributed by atoms with Crippen LogP contribution in [-0.4, -0.2) is 63.3 Å². The third kappa shape index (κ3) is 5.00. The first-order valence-corrected chi connectivity index (χ1v) is 19.7. The molecule has 1 aromatic rings. The van der Waals surface area contributed by atoms with Crippen molar-refractivity contribution in [3.63, 3.8) is 0 Å². The van der Waals surface area contributed by atoms with Crippen molar-refractivity contribution in [1.29, 1.82) is 0 Å². The summed E-state index contributed by atoms with van der Waals surface area (Å²) in [5.74, 6) is 0.752. The zero-order valence-electron chi connectivity index (χ0n) is 30.3. The normalized spacial score (nSPS) is 47.2. The standard InChI is InChI=1S/C43H60O6/c1-27-25-48-37(28(27)2)38(45)40(4,46)36-17-20-43(47)33-23-35(44)34-24-41(18-15-30(26-49-41)29-11-7-5-8-12-29)22-21-39(34,3)32(33)16-19-42(36,43)31-13-9-6-10-14-31/h5,7-8,11-12,15,18,23,27-28,30-32,34,36-38,45-47H,6,9-10,13-14,16-17,19-22,24-26H2,1-4H3/t27-,28-,30-,32-,34-,36+,37+,38-,39-,40+,41+,42+,43+/m1/s1. The van der Waals surface area contributed by atoms with Gasteiger partial charge in [0.25, 0.3) is 0 Å². The van der Waals surface area contributed by atoms with E-state index in [1.54, 1.807) is 0 Å². The van der Waals surface area contributed by atoms with Gasteiger partial charge in [-0.1, -0.05) is 82.5 Å². The number of ether oxygens (including phenoxy) is 2. The summed E-state index contributed by atoms with van der Waals surface area (Å²) in [6.45, 7) is 9.63. The molecule has 0 unspecified atom stereocenters. The molecular weight excluding hydrogens is 612 g/mol. The molecule has 1 spiro atoms. The Morgan fingerprint density at radius 2 is 1.69 bits per heavy atom. The van der Waals surface area contributed by atoms with Crippen molar-refractivity contribution in [1.82, 2.24) is 0 Å². The highest BCUT2D eigenvalue weighted by molar-refractivity contribution is 5.95. The van der Waals surface area contributed by atoms with E-state index in [9.17, 15) is 20.1 Å². The minimum atomic E-state index is -1.43. The average molecular weight is 673 g/mol. The van der Waals surface area contributed by atoms with Gasteiger partial charge >= 0.3 is 0 Å². The molecule has 0 bridgehead atoms. The molecule has 268 valence electrons. The minimum Gasteiger partial charge on any atom is -0.387 e. The molecule has 5 fully saturated rings. The van der Waals surface area contributed by atoms with E-state index in [0.717, 1.165) is 56.9 Å². The van der Waals surface area contributed by atoms with Gasteiger partial charge < -0.3 is 24.8 Å². The molecule has 49 heavy (non-hydrogen) atoms. The maximum Gasteiger partial charge on any atom is 0.159 e. The Morgan fingerprint density at radius 3 is 2.37 bits per heavy atom. The maximum absolute atomic E-state index is 14.5. The first kappa shape index (κ1) is 34.3. The van der Waals surface area contributed by atoms with Crippen LogP contribution in [0.2, 0.25) is 0 Å². The third-order valence-electron chi connectivity index (χ3n) is 16.1. The predicted molar refractivity (Wildman–Crippen MR) is 190 cm³/mol. The summed E-state index contributed by atoms with van der Waals surface area (Å²) in [5.41, 5.74) is -1.66. The van der Waals surface area contributed by atoms with Crippen molar-refractivity contribution in [2.75, 3.05) is 13.2 Å². The van der Waals surface area contributed by atoms with Crippen LogP contribution in [0, 0.1) is 46.3 Å². The number of aliphatic hydroxyl groups is 3. The predicted octanol–water partition coefficient (Wildman–Crippen LogP) is 7.31. The molecule has 6 heteroatoms. The van der Waals surface area contributed by atoms with E-state index >= 15 is 0 Å². The molecule has 1 aromatic carbocycles. The Balaban J connectivity index is 1.12. The van der Waals surface area contributed by atoms with E-state index in [2.05, 4.69) is 57.2 Å². The zero-order valence-corrected chi connectivity index (χ0v) is 30.3. The Morgan fingerprint density at radius 1 is 0.939 bits per heavy atom. The second kappa shape index (κ2) is 12.1. The fourth-order valence-corrected chi connectivity index (χ4v) is 13.0. The SMILES string of the molecule is C[C@H]1[C@@H]([C@@H](O)[C@@](C)(O)[C@@H]2CC[C@]3(O)C4=CC(=O)[C@H]5C[C@]6(C=C[C@@H](c7ccccc7)CO6)CC[C@]5(C)[C@@H]4CC[C@]23C2CCCCC2)OC[C@H]1C. The number of allylic oxidation sites excluding steroid dienone is 1. The van der Waals surface area contributed by atoms with Crippen molar-refractivity contribution in [3.05, 3.63) is 59.7 Å². The maximum atomic E-state index is 14.5. The first-order chi connectivity index (χ1) is 23.4. The van der Waals surface area contributed by atoms with Gasteiger partial charge in [-0.3, -0.25) is 4.79 Å². The zero-order chi connectivity index (χ0) is 34.4. The van der Waals surface area contributed by atoms with Crippen LogP contribution in [0.15, 0.2) is 54.1 Å². The highest BCUT2D eigenvalue weighted by Gasteiger charge is 2.73. The van der Waals surface area contributed by atoms with Gasteiger partial charge in [0.1, 0.15) is 6.10 Å². The lowest BCUT2D eigenvalue weighted by Crippen LogP contribution is -2.66. The molecule has 1 saturated heterocycles. The lowest BCUT2D eigenvalue weighted by atomic mass is 9.42. The number of fused-ring (bicyclic) bond motifs is 5. The molecule has 5 aliphatic carbocycles.